The van der Waals surface area contributed by atoms with E-state index in [-0.39, 0.29) is 53.2 Å². The lowest BCUT2D eigenvalue weighted by atomic mass is 9.82. The number of methoxy groups -OCH3 is 1. The molecule has 2 N–H and O–H groups in total. The second-order valence-corrected chi connectivity index (χ2v) is 17.4. The number of aromatic nitrogens is 2. The number of hydrogen-bond acceptors (Lipinski definition) is 11. The number of hydrogen-bond donors (Lipinski definition) is 2. The van der Waals surface area contributed by atoms with Gasteiger partial charge in [0.25, 0.3) is 11.8 Å². The van der Waals surface area contributed by atoms with Crippen LogP contribution in [0.5, 0.6) is 5.75 Å². The van der Waals surface area contributed by atoms with Gasteiger partial charge in [-0.25, -0.2) is 9.37 Å². The number of nitrogens with zero attached hydrogens (tertiary/aromatic N) is 6. The summed E-state index contributed by atoms with van der Waals surface area (Å²) in [6.07, 6.45) is 9.35. The number of anilines is 5. The molecule has 2 amide bonds. The predicted octanol–water partition coefficient (Wildman–Crippen LogP) is 6.49. The largest absolute Gasteiger partial charge is 0.495 e. The van der Waals surface area contributed by atoms with Crippen molar-refractivity contribution >= 4 is 52.2 Å². The molecule has 2 saturated heterocycles. The minimum Gasteiger partial charge on any atom is -0.495 e. The van der Waals surface area contributed by atoms with Crippen LogP contribution < -0.4 is 30.1 Å². The van der Waals surface area contributed by atoms with Gasteiger partial charge in [-0.15, -0.1) is 0 Å². The fourth-order valence-corrected chi connectivity index (χ4v) is 9.81. The Kier molecular flexibility index (Phi) is 12.5. The number of Topliss-reactive ketones (excluding diaryl/α,β-unsaturated/α-hetero) is 2. The first kappa shape index (κ1) is 42.4. The van der Waals surface area contributed by atoms with Gasteiger partial charge in [0.15, 0.2) is 5.82 Å². The molecule has 13 nitrogen and oxygen atoms in total. The molecule has 16 heteroatoms. The van der Waals surface area contributed by atoms with Crippen LogP contribution in [0.15, 0.2) is 42.6 Å². The molecule has 5 aliphatic rings. The van der Waals surface area contributed by atoms with Gasteiger partial charge in [-0.05, 0) is 106 Å². The fourth-order valence-electron chi connectivity index (χ4n) is 9.81. The summed E-state index contributed by atoms with van der Waals surface area (Å²) in [7, 11) is 2.81. The van der Waals surface area contributed by atoms with E-state index in [1.54, 1.807) is 29.2 Å². The Balaban J connectivity index is 0.800. The zero-order valence-electron chi connectivity index (χ0n) is 34.9. The molecule has 3 aliphatic heterocycles. The molecule has 2 saturated carbocycles. The van der Waals surface area contributed by atoms with Crippen molar-refractivity contribution in [1.29, 1.82) is 0 Å². The van der Waals surface area contributed by atoms with Crippen LogP contribution in [-0.4, -0.2) is 110 Å². The van der Waals surface area contributed by atoms with Crippen LogP contribution >= 0.6 is 0 Å². The van der Waals surface area contributed by atoms with E-state index in [2.05, 4.69) is 30.4 Å². The van der Waals surface area contributed by atoms with E-state index >= 15 is 13.2 Å². The Morgan fingerprint density at radius 3 is 2.36 bits per heavy atom. The minimum absolute atomic E-state index is 0.0361. The average molecular weight is 845 g/mol. The van der Waals surface area contributed by atoms with Crippen LogP contribution in [0.3, 0.4) is 0 Å². The number of nitrogens with one attached hydrogen (secondary N) is 2. The van der Waals surface area contributed by atoms with Crippen LogP contribution in [0.4, 0.5) is 42.0 Å². The van der Waals surface area contributed by atoms with Gasteiger partial charge >= 0.3 is 5.92 Å². The molecular formula is C45H55F3N8O5. The first-order valence-electron chi connectivity index (χ1n) is 21.7. The predicted molar refractivity (Wildman–Crippen MR) is 226 cm³/mol. The lowest BCUT2D eigenvalue weighted by molar-refractivity contribution is -0.140. The van der Waals surface area contributed by atoms with Crippen molar-refractivity contribution < 1.29 is 37.1 Å². The normalized spacial score (nSPS) is 22.0. The van der Waals surface area contributed by atoms with E-state index in [1.165, 1.54) is 26.4 Å². The smallest absolute Gasteiger partial charge is 0.342 e. The lowest BCUT2D eigenvalue weighted by Gasteiger charge is -2.38. The van der Waals surface area contributed by atoms with Gasteiger partial charge in [-0.3, -0.25) is 19.2 Å². The number of ketones is 2. The number of fused-ring (bicyclic) bond motifs is 1. The zero-order valence-corrected chi connectivity index (χ0v) is 34.9. The quantitative estimate of drug-likeness (QED) is 0.205. The molecule has 0 bridgehead atoms. The third-order valence-electron chi connectivity index (χ3n) is 13.4. The molecule has 2 aromatic carbocycles. The van der Waals surface area contributed by atoms with E-state index in [1.807, 2.05) is 6.07 Å². The first-order chi connectivity index (χ1) is 29.4. The molecule has 61 heavy (non-hydrogen) atoms. The standard InChI is InChI=1S/C45H55F3N8O5/c1-53-38-25-50-44(52-41(38)56(32-5-3-4-6-32)27-45(47,48)43(53)60)51-36-11-7-31(22-40(36)61-2)42(59)49-24-28-13-17-54(18-14-28)26-29-15-19-55(20-16-29)37-12-8-30(21-35(37)46)34-10-9-33(57)23-39(34)58/h7-8,11-12,21-22,25,28-29,32,34H,3-6,9-10,13-20,23-24,26-27H2,1-2H3,(H,49,59)(H,50,51,52). The molecule has 4 heterocycles. The number of benzene rings is 2. The number of likely N-dealkylation sites (tertiary alicyclic amines) is 1. The Bertz CT molecular complexity index is 2130. The topological polar surface area (TPSA) is 140 Å². The van der Waals surface area contributed by atoms with Gasteiger partial charge in [0, 0.05) is 57.2 Å². The van der Waals surface area contributed by atoms with Crippen molar-refractivity contribution in [3.63, 3.8) is 0 Å². The summed E-state index contributed by atoms with van der Waals surface area (Å²) >= 11 is 0. The van der Waals surface area contributed by atoms with Crippen molar-refractivity contribution in [1.82, 2.24) is 20.2 Å². The van der Waals surface area contributed by atoms with Gasteiger partial charge < -0.3 is 35.0 Å². The molecule has 4 fully saturated rings. The van der Waals surface area contributed by atoms with E-state index in [0.29, 0.717) is 59.5 Å². The summed E-state index contributed by atoms with van der Waals surface area (Å²) in [5, 5.41) is 6.22. The van der Waals surface area contributed by atoms with Crippen LogP contribution in [0.2, 0.25) is 0 Å². The second kappa shape index (κ2) is 18.0. The summed E-state index contributed by atoms with van der Waals surface area (Å²) in [5.41, 5.74) is 2.37. The third-order valence-corrected chi connectivity index (χ3v) is 13.4. The molecule has 1 atom stereocenters. The Labute approximate surface area is 354 Å². The van der Waals surface area contributed by atoms with Crippen molar-refractivity contribution in [2.75, 3.05) is 80.0 Å². The van der Waals surface area contributed by atoms with Crippen LogP contribution in [0.25, 0.3) is 0 Å². The van der Waals surface area contributed by atoms with Crippen molar-refractivity contribution in [3.8, 4) is 5.75 Å². The van der Waals surface area contributed by atoms with Gasteiger partial charge in [0.1, 0.15) is 28.8 Å². The van der Waals surface area contributed by atoms with Gasteiger partial charge in [0.2, 0.25) is 5.95 Å². The zero-order chi connectivity index (χ0) is 42.8. The van der Waals surface area contributed by atoms with Crippen molar-refractivity contribution in [3.05, 3.63) is 59.5 Å². The lowest BCUT2D eigenvalue weighted by Crippen LogP contribution is -2.48. The summed E-state index contributed by atoms with van der Waals surface area (Å²) < 4.78 is 51.0. The molecule has 2 aliphatic carbocycles. The number of ether oxygens (including phenoxy) is 1. The molecule has 0 spiro atoms. The number of carbonyl (C=O) groups is 4. The SMILES string of the molecule is COc1cc(C(=O)NCC2CCN(CC3CCN(c4ccc(C5CCC(=O)CC5=O)cc4F)CC3)CC2)ccc1Nc1ncc2c(n1)N(C1CCCC1)CC(F)(F)C(=O)N2C. The highest BCUT2D eigenvalue weighted by Crippen LogP contribution is 2.40. The molecule has 3 aromatic rings. The van der Waals surface area contributed by atoms with Gasteiger partial charge in [-0.1, -0.05) is 18.9 Å². The average Bonchev–Trinajstić information content (AvgIpc) is 3.78. The van der Waals surface area contributed by atoms with Crippen LogP contribution in [0, 0.1) is 17.7 Å². The number of piperidine rings is 2. The van der Waals surface area contributed by atoms with E-state index < -0.39 is 24.3 Å². The first-order valence-corrected chi connectivity index (χ1v) is 21.7. The monoisotopic (exact) mass is 844 g/mol. The van der Waals surface area contributed by atoms with Crippen molar-refractivity contribution in [2.45, 2.75) is 88.5 Å². The highest BCUT2D eigenvalue weighted by Gasteiger charge is 2.49. The van der Waals surface area contributed by atoms with Gasteiger partial charge in [-0.2, -0.15) is 13.8 Å². The Hall–Kier alpha value is -5.25. The summed E-state index contributed by atoms with van der Waals surface area (Å²) in [5.74, 6) is -4.27. The number of halogens is 3. The van der Waals surface area contributed by atoms with Crippen LogP contribution in [0.1, 0.15) is 92.5 Å². The van der Waals surface area contributed by atoms with Gasteiger partial charge in [0.05, 0.1) is 37.6 Å². The molecular weight excluding hydrogens is 790 g/mol. The Morgan fingerprint density at radius 2 is 1.66 bits per heavy atom. The summed E-state index contributed by atoms with van der Waals surface area (Å²) in [6.45, 7) is 4.25. The number of alkyl halides is 2. The highest BCUT2D eigenvalue weighted by atomic mass is 19.3. The maximum atomic E-state index is 15.3. The summed E-state index contributed by atoms with van der Waals surface area (Å²) in [4.78, 5) is 66.1. The second-order valence-electron chi connectivity index (χ2n) is 17.4. The highest BCUT2D eigenvalue weighted by molar-refractivity contribution is 6.04. The fraction of sp³-hybridized carbons (Fsp3) is 0.556. The third kappa shape index (κ3) is 9.33. The molecule has 326 valence electrons. The minimum atomic E-state index is -3.57. The Morgan fingerprint density at radius 1 is 0.918 bits per heavy atom. The van der Waals surface area contributed by atoms with Crippen LogP contribution in [-0.2, 0) is 14.4 Å². The maximum absolute atomic E-state index is 15.3. The van der Waals surface area contributed by atoms with E-state index in [4.69, 9.17) is 4.74 Å². The number of carbonyl (C=O) groups excluding carboxylic acids is 4. The molecule has 1 aromatic heterocycles. The number of rotatable bonds is 11. The molecule has 1 unspecified atom stereocenters. The maximum Gasteiger partial charge on any atom is 0.342 e. The number of amides is 2. The van der Waals surface area contributed by atoms with E-state index in [9.17, 15) is 19.2 Å². The molecule has 0 radical (unpaired) electrons. The van der Waals surface area contributed by atoms with Crippen molar-refractivity contribution in [2.24, 2.45) is 11.8 Å². The molecule has 8 rings (SSSR count). The van der Waals surface area contributed by atoms with E-state index in [0.717, 1.165) is 89.0 Å². The summed E-state index contributed by atoms with van der Waals surface area (Å²) in [6, 6.07) is 9.98.